The number of carboxylic acid groups (broad SMARTS) is 2. The van der Waals surface area contributed by atoms with E-state index in [0.717, 1.165) is 0 Å². The van der Waals surface area contributed by atoms with Crippen molar-refractivity contribution in [2.45, 2.75) is 13.5 Å². The monoisotopic (exact) mass is 345 g/mol. The van der Waals surface area contributed by atoms with Crippen molar-refractivity contribution in [3.8, 4) is 0 Å². The molecule has 1 aromatic carbocycles. The molecule has 1 aromatic rings. The Morgan fingerprint density at radius 1 is 1.12 bits per heavy atom. The van der Waals surface area contributed by atoms with Crippen LogP contribution in [0, 0.1) is 11.3 Å². The smallest absolute Gasteiger partial charge is 0.344 e. The van der Waals surface area contributed by atoms with Gasteiger partial charge in [0, 0.05) is 0 Å². The highest BCUT2D eigenvalue weighted by Gasteiger charge is 2.41. The van der Waals surface area contributed by atoms with Gasteiger partial charge >= 0.3 is 17.9 Å². The molecule has 0 heterocycles. The maximum Gasteiger partial charge on any atom is 0.344 e. The molecule has 0 saturated carbocycles. The number of carbonyl (C=O) groups is 3. The van der Waals surface area contributed by atoms with Gasteiger partial charge in [0.15, 0.2) is 0 Å². The molecule has 0 radical (unpaired) electrons. The Labute approximate surface area is 142 Å². The van der Waals surface area contributed by atoms with Gasteiger partial charge in [-0.2, -0.15) is 0 Å². The van der Waals surface area contributed by atoms with Crippen molar-refractivity contribution < 1.29 is 34.4 Å². The first-order chi connectivity index (χ1) is 11.8. The molecule has 0 aromatic heterocycles. The van der Waals surface area contributed by atoms with Crippen molar-refractivity contribution in [3.63, 3.8) is 0 Å². The van der Waals surface area contributed by atoms with Crippen LogP contribution >= 0.6 is 0 Å². The Bertz CT molecular complexity index is 821. The van der Waals surface area contributed by atoms with Crippen molar-refractivity contribution in [2.75, 3.05) is 0 Å². The van der Waals surface area contributed by atoms with Gasteiger partial charge in [-0.1, -0.05) is 30.3 Å². The van der Waals surface area contributed by atoms with Gasteiger partial charge in [-0.05, 0) is 18.1 Å². The zero-order valence-corrected chi connectivity index (χ0v) is 13.1. The SMILES string of the molecule is CC1=C(C(=O)O)C(=N)C(C(=O)OCc2ccccc2)=C(O)C1C(=O)O. The predicted octanol–water partition coefficient (Wildman–Crippen LogP) is 1.68. The van der Waals surface area contributed by atoms with Crippen LogP contribution in [-0.2, 0) is 25.7 Å². The summed E-state index contributed by atoms with van der Waals surface area (Å²) in [6.07, 6.45) is 0. The molecule has 0 bridgehead atoms. The van der Waals surface area contributed by atoms with Crippen LogP contribution in [0.1, 0.15) is 12.5 Å². The largest absolute Gasteiger partial charge is 0.510 e. The van der Waals surface area contributed by atoms with Crippen molar-refractivity contribution in [2.24, 2.45) is 5.92 Å². The molecule has 1 aliphatic carbocycles. The van der Waals surface area contributed by atoms with Gasteiger partial charge in [0.05, 0.1) is 11.3 Å². The topological polar surface area (TPSA) is 145 Å². The first-order valence-corrected chi connectivity index (χ1v) is 7.16. The molecule has 0 spiro atoms. The number of carbonyl (C=O) groups excluding carboxylic acids is 1. The number of carboxylic acids is 2. The van der Waals surface area contributed by atoms with Crippen molar-refractivity contribution >= 4 is 23.6 Å². The summed E-state index contributed by atoms with van der Waals surface area (Å²) in [4.78, 5) is 34.9. The molecule has 8 nitrogen and oxygen atoms in total. The summed E-state index contributed by atoms with van der Waals surface area (Å²) in [5.74, 6) is -6.88. The summed E-state index contributed by atoms with van der Waals surface area (Å²) in [6.45, 7) is 1.01. The summed E-state index contributed by atoms with van der Waals surface area (Å²) in [7, 11) is 0. The number of benzene rings is 1. The van der Waals surface area contributed by atoms with Crippen molar-refractivity contribution in [3.05, 3.63) is 58.4 Å². The molecule has 130 valence electrons. The summed E-state index contributed by atoms with van der Waals surface area (Å²) in [6, 6.07) is 8.57. The molecule has 1 atom stereocenters. The number of aliphatic hydroxyl groups is 1. The molecule has 0 aliphatic heterocycles. The number of ether oxygens (including phenoxy) is 1. The number of esters is 1. The minimum Gasteiger partial charge on any atom is -0.510 e. The van der Waals surface area contributed by atoms with Gasteiger partial charge in [-0.3, -0.25) is 10.2 Å². The van der Waals surface area contributed by atoms with E-state index in [1.54, 1.807) is 30.3 Å². The third-order valence-electron chi connectivity index (χ3n) is 3.73. The van der Waals surface area contributed by atoms with Crippen LogP contribution in [0.4, 0.5) is 0 Å². The Hall–Kier alpha value is -3.42. The van der Waals surface area contributed by atoms with Crippen LogP contribution in [0.3, 0.4) is 0 Å². The lowest BCUT2D eigenvalue weighted by Crippen LogP contribution is -2.34. The van der Waals surface area contributed by atoms with E-state index in [2.05, 4.69) is 0 Å². The quantitative estimate of drug-likeness (QED) is 0.594. The van der Waals surface area contributed by atoms with Crippen LogP contribution in [-0.4, -0.2) is 38.9 Å². The molecule has 1 aliphatic rings. The van der Waals surface area contributed by atoms with Gasteiger partial charge in [0.25, 0.3) is 0 Å². The molecular formula is C17H15NO7. The molecule has 8 heteroatoms. The van der Waals surface area contributed by atoms with Crippen LogP contribution in [0.2, 0.25) is 0 Å². The van der Waals surface area contributed by atoms with Crippen LogP contribution < -0.4 is 0 Å². The van der Waals surface area contributed by atoms with Gasteiger partial charge in [-0.25, -0.2) is 9.59 Å². The summed E-state index contributed by atoms with van der Waals surface area (Å²) in [5, 5.41) is 36.5. The molecular weight excluding hydrogens is 330 g/mol. The summed E-state index contributed by atoms with van der Waals surface area (Å²) in [5.41, 5.74) is -1.78. The van der Waals surface area contributed by atoms with Gasteiger partial charge in [-0.15, -0.1) is 0 Å². The lowest BCUT2D eigenvalue weighted by atomic mass is 9.81. The van der Waals surface area contributed by atoms with E-state index in [0.29, 0.717) is 5.56 Å². The molecule has 0 saturated heterocycles. The van der Waals surface area contributed by atoms with Gasteiger partial charge in [0.1, 0.15) is 23.9 Å². The fraction of sp³-hybridized carbons (Fsp3) is 0.176. The predicted molar refractivity (Wildman–Crippen MR) is 85.1 cm³/mol. The third-order valence-corrected chi connectivity index (χ3v) is 3.73. The van der Waals surface area contributed by atoms with Gasteiger partial charge < -0.3 is 20.1 Å². The average molecular weight is 345 g/mol. The average Bonchev–Trinajstić information content (AvgIpc) is 2.53. The van der Waals surface area contributed by atoms with Crippen molar-refractivity contribution in [1.29, 1.82) is 5.41 Å². The number of rotatable bonds is 5. The Morgan fingerprint density at radius 2 is 1.72 bits per heavy atom. The number of hydrogen-bond acceptors (Lipinski definition) is 6. The molecule has 4 N–H and O–H groups in total. The second-order valence-corrected chi connectivity index (χ2v) is 5.33. The van der Waals surface area contributed by atoms with E-state index < -0.39 is 46.4 Å². The highest BCUT2D eigenvalue weighted by atomic mass is 16.5. The minimum absolute atomic E-state index is 0.174. The maximum absolute atomic E-state index is 12.2. The summed E-state index contributed by atoms with van der Waals surface area (Å²) < 4.78 is 4.99. The lowest BCUT2D eigenvalue weighted by molar-refractivity contribution is -0.140. The van der Waals surface area contributed by atoms with E-state index in [-0.39, 0.29) is 12.2 Å². The standard InChI is InChI=1S/C17H15NO7/c1-8-10(15(20)21)13(18)12(14(19)11(8)16(22)23)17(24)25-7-9-5-3-2-4-6-9/h2-6,11,18-19H,7H2,1H3,(H,20,21)(H,22,23). The number of aliphatic carboxylic acids is 2. The number of aliphatic hydroxyl groups excluding tert-OH is 1. The highest BCUT2D eigenvalue weighted by Crippen LogP contribution is 2.32. The molecule has 0 fully saturated rings. The van der Waals surface area contributed by atoms with E-state index in [1.165, 1.54) is 6.92 Å². The zero-order valence-electron chi connectivity index (χ0n) is 13.1. The Morgan fingerprint density at radius 3 is 2.24 bits per heavy atom. The zero-order chi connectivity index (χ0) is 18.7. The minimum atomic E-state index is -1.72. The highest BCUT2D eigenvalue weighted by molar-refractivity contribution is 6.35. The molecule has 0 amide bonds. The van der Waals surface area contributed by atoms with E-state index >= 15 is 0 Å². The molecule has 1 unspecified atom stereocenters. The first-order valence-electron chi connectivity index (χ1n) is 7.16. The Kier molecular flexibility index (Phi) is 5.02. The lowest BCUT2D eigenvalue weighted by Gasteiger charge is -2.24. The molecule has 25 heavy (non-hydrogen) atoms. The Balaban J connectivity index is 2.37. The van der Waals surface area contributed by atoms with E-state index in [1.807, 2.05) is 0 Å². The van der Waals surface area contributed by atoms with E-state index in [4.69, 9.17) is 10.1 Å². The van der Waals surface area contributed by atoms with Crippen LogP contribution in [0.5, 0.6) is 0 Å². The van der Waals surface area contributed by atoms with Crippen LogP contribution in [0.15, 0.2) is 52.8 Å². The molecule has 2 rings (SSSR count). The maximum atomic E-state index is 12.2. The fourth-order valence-corrected chi connectivity index (χ4v) is 2.52. The number of nitrogens with one attached hydrogen (secondary N) is 1. The van der Waals surface area contributed by atoms with Gasteiger partial charge in [0.2, 0.25) is 0 Å². The summed E-state index contributed by atoms with van der Waals surface area (Å²) >= 11 is 0. The van der Waals surface area contributed by atoms with Crippen LogP contribution in [0.25, 0.3) is 0 Å². The number of hydrogen-bond donors (Lipinski definition) is 4. The fourth-order valence-electron chi connectivity index (χ4n) is 2.52. The van der Waals surface area contributed by atoms with Crippen molar-refractivity contribution in [1.82, 2.24) is 0 Å². The first kappa shape index (κ1) is 17.9. The second kappa shape index (κ2) is 7.00. The second-order valence-electron chi connectivity index (χ2n) is 5.33. The third kappa shape index (κ3) is 3.42. The van der Waals surface area contributed by atoms with E-state index in [9.17, 15) is 29.7 Å². The normalized spacial score (nSPS) is 17.5.